The number of anilines is 3. The van der Waals surface area contributed by atoms with Crippen LogP contribution in [0.1, 0.15) is 26.2 Å². The number of nitrogens with zero attached hydrogens (tertiary/aromatic N) is 5. The van der Waals surface area contributed by atoms with Crippen LogP contribution in [0.4, 0.5) is 17.8 Å². The summed E-state index contributed by atoms with van der Waals surface area (Å²) >= 11 is 0. The van der Waals surface area contributed by atoms with Gasteiger partial charge < -0.3 is 15.5 Å². The van der Waals surface area contributed by atoms with Crippen LogP contribution in [0.25, 0.3) is 0 Å². The van der Waals surface area contributed by atoms with E-state index in [-0.39, 0.29) is 0 Å². The highest BCUT2D eigenvalue weighted by molar-refractivity contribution is 5.42. The molecule has 0 spiro atoms. The molecule has 0 bridgehead atoms. The number of piperidine rings is 1. The molecule has 1 atom stereocenters. The fraction of sp³-hybridized carbons (Fsp3) is 0.750. The molecule has 2 N–H and O–H groups in total. The minimum atomic E-state index is 0.294. The summed E-state index contributed by atoms with van der Waals surface area (Å²) in [5.41, 5.74) is 5.76. The molecule has 1 aliphatic rings. The normalized spacial score (nSPS) is 19.9. The number of rotatable bonds is 3. The summed E-state index contributed by atoms with van der Waals surface area (Å²) in [6.45, 7) is 4.26. The predicted octanol–water partition coefficient (Wildman–Crippen LogP) is 1.15. The molecule has 0 amide bonds. The van der Waals surface area contributed by atoms with Crippen molar-refractivity contribution in [2.75, 3.05) is 42.7 Å². The molecule has 18 heavy (non-hydrogen) atoms. The Morgan fingerprint density at radius 1 is 1.33 bits per heavy atom. The molecule has 1 aliphatic heterocycles. The van der Waals surface area contributed by atoms with Crippen molar-refractivity contribution in [3.63, 3.8) is 0 Å². The van der Waals surface area contributed by atoms with Crippen molar-refractivity contribution in [1.82, 2.24) is 15.0 Å². The molecule has 6 nitrogen and oxygen atoms in total. The lowest BCUT2D eigenvalue weighted by molar-refractivity contribution is 0.401. The molecule has 0 aromatic carbocycles. The van der Waals surface area contributed by atoms with E-state index in [2.05, 4.69) is 26.8 Å². The van der Waals surface area contributed by atoms with E-state index in [1.54, 1.807) is 0 Å². The van der Waals surface area contributed by atoms with Crippen molar-refractivity contribution in [1.29, 1.82) is 0 Å². The summed E-state index contributed by atoms with van der Waals surface area (Å²) in [7, 11) is 3.81. The third-order valence-corrected chi connectivity index (χ3v) is 3.41. The molecule has 1 aromatic heterocycles. The van der Waals surface area contributed by atoms with Gasteiger partial charge in [-0.15, -0.1) is 0 Å². The zero-order valence-corrected chi connectivity index (χ0v) is 11.4. The van der Waals surface area contributed by atoms with Gasteiger partial charge in [0, 0.05) is 27.2 Å². The molecule has 100 valence electrons. The molecule has 1 saturated heterocycles. The van der Waals surface area contributed by atoms with Crippen LogP contribution in [0.15, 0.2) is 0 Å². The summed E-state index contributed by atoms with van der Waals surface area (Å²) in [6, 6.07) is 0. The van der Waals surface area contributed by atoms with Gasteiger partial charge in [-0.25, -0.2) is 0 Å². The third-order valence-electron chi connectivity index (χ3n) is 3.41. The molecule has 0 saturated carbocycles. The molecule has 1 aromatic rings. The van der Waals surface area contributed by atoms with Gasteiger partial charge in [-0.2, -0.15) is 15.0 Å². The first-order valence-electron chi connectivity index (χ1n) is 6.54. The third kappa shape index (κ3) is 2.80. The maximum atomic E-state index is 5.76. The van der Waals surface area contributed by atoms with Crippen molar-refractivity contribution in [2.45, 2.75) is 26.2 Å². The van der Waals surface area contributed by atoms with Gasteiger partial charge in [0.25, 0.3) is 0 Å². The molecule has 2 heterocycles. The van der Waals surface area contributed by atoms with E-state index in [0.29, 0.717) is 17.8 Å². The number of nitrogens with two attached hydrogens (primary N) is 1. The molecule has 1 fully saturated rings. The molecule has 6 heteroatoms. The standard InChI is InChI=1S/C12H22N6/c1-4-9-6-5-7-18(8-9)12-15-10(13)14-11(16-12)17(2)3/h9H,4-8H2,1-3H3,(H2,13,14,15,16). The Kier molecular flexibility index (Phi) is 3.84. The van der Waals surface area contributed by atoms with Crippen LogP contribution >= 0.6 is 0 Å². The maximum absolute atomic E-state index is 5.76. The number of nitrogen functional groups attached to an aromatic ring is 1. The Bertz CT molecular complexity index is 406. The Balaban J connectivity index is 2.21. The van der Waals surface area contributed by atoms with E-state index < -0.39 is 0 Å². The van der Waals surface area contributed by atoms with E-state index in [4.69, 9.17) is 5.73 Å². The zero-order chi connectivity index (χ0) is 13.1. The monoisotopic (exact) mass is 250 g/mol. The van der Waals surface area contributed by atoms with E-state index >= 15 is 0 Å². The minimum absolute atomic E-state index is 0.294. The summed E-state index contributed by atoms with van der Waals surface area (Å²) in [5, 5.41) is 0. The Labute approximate surface area is 108 Å². The van der Waals surface area contributed by atoms with Gasteiger partial charge in [0.05, 0.1) is 0 Å². The number of aromatic nitrogens is 3. The lowest BCUT2D eigenvalue weighted by atomic mass is 9.96. The van der Waals surface area contributed by atoms with Gasteiger partial charge in [0.2, 0.25) is 17.8 Å². The van der Waals surface area contributed by atoms with E-state index in [9.17, 15) is 0 Å². The van der Waals surface area contributed by atoms with Gasteiger partial charge in [0.15, 0.2) is 0 Å². The highest BCUT2D eigenvalue weighted by Gasteiger charge is 2.21. The second-order valence-electron chi connectivity index (χ2n) is 5.05. The molecule has 2 rings (SSSR count). The van der Waals surface area contributed by atoms with Crippen LogP contribution in [0, 0.1) is 5.92 Å². The van der Waals surface area contributed by atoms with E-state index in [1.165, 1.54) is 19.3 Å². The largest absolute Gasteiger partial charge is 0.368 e. The fourth-order valence-electron chi connectivity index (χ4n) is 2.29. The van der Waals surface area contributed by atoms with Crippen LogP contribution < -0.4 is 15.5 Å². The molecule has 1 unspecified atom stereocenters. The molecular formula is C12H22N6. The van der Waals surface area contributed by atoms with Crippen LogP contribution in [0.3, 0.4) is 0 Å². The van der Waals surface area contributed by atoms with E-state index in [0.717, 1.165) is 19.0 Å². The van der Waals surface area contributed by atoms with Crippen LogP contribution in [-0.2, 0) is 0 Å². The number of hydrogen-bond donors (Lipinski definition) is 1. The van der Waals surface area contributed by atoms with Gasteiger partial charge in [0.1, 0.15) is 0 Å². The van der Waals surface area contributed by atoms with Crippen molar-refractivity contribution in [3.05, 3.63) is 0 Å². The minimum Gasteiger partial charge on any atom is -0.368 e. The average molecular weight is 250 g/mol. The Morgan fingerprint density at radius 3 is 2.78 bits per heavy atom. The quantitative estimate of drug-likeness (QED) is 0.867. The lowest BCUT2D eigenvalue weighted by Crippen LogP contribution is -2.36. The van der Waals surface area contributed by atoms with Crippen LogP contribution in [0.5, 0.6) is 0 Å². The van der Waals surface area contributed by atoms with E-state index in [1.807, 2.05) is 19.0 Å². The average Bonchev–Trinajstić information content (AvgIpc) is 2.38. The second-order valence-corrected chi connectivity index (χ2v) is 5.05. The molecule has 0 aliphatic carbocycles. The second kappa shape index (κ2) is 5.37. The Morgan fingerprint density at radius 2 is 2.11 bits per heavy atom. The van der Waals surface area contributed by atoms with Gasteiger partial charge >= 0.3 is 0 Å². The smallest absolute Gasteiger partial charge is 0.231 e. The van der Waals surface area contributed by atoms with Crippen molar-refractivity contribution >= 4 is 17.8 Å². The lowest BCUT2D eigenvalue weighted by Gasteiger charge is -2.32. The fourth-order valence-corrected chi connectivity index (χ4v) is 2.29. The first-order chi connectivity index (χ1) is 8.60. The van der Waals surface area contributed by atoms with Gasteiger partial charge in [-0.05, 0) is 18.8 Å². The first-order valence-corrected chi connectivity index (χ1v) is 6.54. The number of hydrogen-bond acceptors (Lipinski definition) is 6. The molecule has 0 radical (unpaired) electrons. The summed E-state index contributed by atoms with van der Waals surface area (Å²) in [5.74, 6) is 2.36. The maximum Gasteiger partial charge on any atom is 0.231 e. The summed E-state index contributed by atoms with van der Waals surface area (Å²) < 4.78 is 0. The zero-order valence-electron chi connectivity index (χ0n) is 11.4. The SMILES string of the molecule is CCC1CCCN(c2nc(N)nc(N(C)C)n2)C1. The van der Waals surface area contributed by atoms with Gasteiger partial charge in [-0.3, -0.25) is 0 Å². The first kappa shape index (κ1) is 12.9. The van der Waals surface area contributed by atoms with Crippen molar-refractivity contribution < 1.29 is 0 Å². The molecular weight excluding hydrogens is 228 g/mol. The highest BCUT2D eigenvalue weighted by Crippen LogP contribution is 2.23. The van der Waals surface area contributed by atoms with Crippen LogP contribution in [0.2, 0.25) is 0 Å². The topological polar surface area (TPSA) is 71.2 Å². The highest BCUT2D eigenvalue weighted by atomic mass is 15.3. The predicted molar refractivity (Wildman–Crippen MR) is 73.8 cm³/mol. The van der Waals surface area contributed by atoms with Crippen LogP contribution in [-0.4, -0.2) is 42.1 Å². The van der Waals surface area contributed by atoms with Gasteiger partial charge in [-0.1, -0.05) is 13.3 Å². The Hall–Kier alpha value is -1.59. The van der Waals surface area contributed by atoms with Crippen molar-refractivity contribution in [3.8, 4) is 0 Å². The summed E-state index contributed by atoms with van der Waals surface area (Å²) in [4.78, 5) is 16.9. The van der Waals surface area contributed by atoms with Crippen molar-refractivity contribution in [2.24, 2.45) is 5.92 Å². The summed E-state index contributed by atoms with van der Waals surface area (Å²) in [6.07, 6.45) is 3.70.